The number of anilines is 1. The third-order valence-corrected chi connectivity index (χ3v) is 3.96. The first-order chi connectivity index (χ1) is 12.2. The van der Waals surface area contributed by atoms with Gasteiger partial charge in [0.1, 0.15) is 11.5 Å². The van der Waals surface area contributed by atoms with E-state index in [0.717, 1.165) is 6.07 Å². The smallest absolute Gasteiger partial charge is 0.416 e. The highest BCUT2D eigenvalue weighted by Crippen LogP contribution is 2.34. The number of alkyl halides is 3. The minimum atomic E-state index is -4.48. The highest BCUT2D eigenvalue weighted by Gasteiger charge is 2.33. The molecule has 0 saturated heterocycles. The molecule has 2 aromatic rings. The Morgan fingerprint density at radius 1 is 1.15 bits per heavy atom. The lowest BCUT2D eigenvalue weighted by molar-refractivity contribution is -0.138. The van der Waals surface area contributed by atoms with Gasteiger partial charge in [0.05, 0.1) is 32.0 Å². The normalized spacial score (nSPS) is 11.6. The van der Waals surface area contributed by atoms with Gasteiger partial charge < -0.3 is 20.5 Å². The molecule has 27 heavy (non-hydrogen) atoms. The van der Waals surface area contributed by atoms with Gasteiger partial charge in [0, 0.05) is 10.5 Å². The van der Waals surface area contributed by atoms with E-state index in [2.05, 4.69) is 26.2 Å². The Morgan fingerprint density at radius 2 is 1.85 bits per heavy atom. The largest absolute Gasteiger partial charge is 0.497 e. The molecule has 148 valence electrons. The number of nitrogens with zero attached hydrogens (tertiary/aromatic N) is 1. The number of hydrogen-bond acceptors (Lipinski definition) is 3. The van der Waals surface area contributed by atoms with Gasteiger partial charge in [-0.2, -0.15) is 13.2 Å². The monoisotopic (exact) mass is 559 g/mol. The van der Waals surface area contributed by atoms with Crippen LogP contribution in [0.3, 0.4) is 0 Å². The van der Waals surface area contributed by atoms with Crippen LogP contribution in [0.1, 0.15) is 11.1 Å². The molecular weight excluding hydrogens is 542 g/mol. The van der Waals surface area contributed by atoms with E-state index in [-0.39, 0.29) is 42.0 Å². The van der Waals surface area contributed by atoms with Crippen molar-refractivity contribution >= 4 is 51.6 Å². The first-order valence-electron chi connectivity index (χ1n) is 7.39. The molecule has 5 nitrogen and oxygen atoms in total. The van der Waals surface area contributed by atoms with E-state index in [1.807, 2.05) is 0 Å². The minimum absolute atomic E-state index is 0. The molecule has 10 heteroatoms. The highest BCUT2D eigenvalue weighted by molar-refractivity contribution is 14.0. The summed E-state index contributed by atoms with van der Waals surface area (Å²) < 4.78 is 50.1. The van der Waals surface area contributed by atoms with Gasteiger partial charge in [0.25, 0.3) is 0 Å². The lowest BCUT2D eigenvalue weighted by Crippen LogP contribution is -2.23. The van der Waals surface area contributed by atoms with Crippen molar-refractivity contribution in [1.82, 2.24) is 0 Å². The van der Waals surface area contributed by atoms with E-state index in [0.29, 0.717) is 21.7 Å². The lowest BCUT2D eigenvalue weighted by atomic mass is 10.1. The van der Waals surface area contributed by atoms with E-state index in [4.69, 9.17) is 15.2 Å². The summed E-state index contributed by atoms with van der Waals surface area (Å²) in [6.45, 7) is -0.229. The average Bonchev–Trinajstić information content (AvgIpc) is 2.59. The number of methoxy groups -OCH3 is 2. The summed E-state index contributed by atoms with van der Waals surface area (Å²) in [7, 11) is 2.99. The summed E-state index contributed by atoms with van der Waals surface area (Å²) in [5, 5.41) is 2.81. The van der Waals surface area contributed by atoms with Gasteiger partial charge in [0.2, 0.25) is 0 Å². The zero-order valence-electron chi connectivity index (χ0n) is 14.4. The Hall–Kier alpha value is -1.69. The predicted molar refractivity (Wildman–Crippen MR) is 113 cm³/mol. The molecule has 0 fully saturated rings. The molecular formula is C17H18BrF3IN3O2. The summed E-state index contributed by atoms with van der Waals surface area (Å²) >= 11 is 3.04. The van der Waals surface area contributed by atoms with Crippen molar-refractivity contribution in [2.75, 3.05) is 19.5 Å². The Labute approximate surface area is 180 Å². The maximum absolute atomic E-state index is 13.1. The molecule has 0 atom stereocenters. The molecule has 0 saturated carbocycles. The molecule has 0 unspecified atom stereocenters. The molecule has 0 radical (unpaired) electrons. The number of guanidine groups is 1. The van der Waals surface area contributed by atoms with Crippen molar-refractivity contribution in [1.29, 1.82) is 0 Å². The van der Waals surface area contributed by atoms with E-state index in [1.165, 1.54) is 26.4 Å². The molecule has 2 aromatic carbocycles. The first kappa shape index (κ1) is 23.3. The molecule has 0 bridgehead atoms. The first-order valence-corrected chi connectivity index (χ1v) is 8.18. The minimum Gasteiger partial charge on any atom is -0.497 e. The average molecular weight is 560 g/mol. The Balaban J connectivity index is 0.00000364. The standard InChI is InChI=1S/C17H17BrF3N3O2.HI/c1-25-12-5-6-15(26-2)14(8-12)24-16(22)23-9-10-3-4-11(18)7-13(10)17(19,20)21;/h3-8H,9H2,1-2H3,(H3,22,23,24);1H. The SMILES string of the molecule is COc1ccc(OC)c(NC(N)=NCc2ccc(Br)cc2C(F)(F)F)c1.I. The summed E-state index contributed by atoms with van der Waals surface area (Å²) in [5.74, 6) is 1.00. The maximum Gasteiger partial charge on any atom is 0.416 e. The van der Waals surface area contributed by atoms with Crippen molar-refractivity contribution in [3.05, 3.63) is 52.0 Å². The quantitative estimate of drug-likeness (QED) is 0.306. The number of hydrogen-bond donors (Lipinski definition) is 2. The van der Waals surface area contributed by atoms with Crippen molar-refractivity contribution in [3.8, 4) is 11.5 Å². The molecule has 0 amide bonds. The summed E-state index contributed by atoms with van der Waals surface area (Å²) in [6, 6.07) is 8.91. The molecule has 0 aliphatic rings. The van der Waals surface area contributed by atoms with E-state index >= 15 is 0 Å². The Morgan fingerprint density at radius 3 is 2.44 bits per heavy atom. The molecule has 0 heterocycles. The van der Waals surface area contributed by atoms with Gasteiger partial charge in [-0.05, 0) is 29.8 Å². The molecule has 3 N–H and O–H groups in total. The van der Waals surface area contributed by atoms with Gasteiger partial charge in [-0.25, -0.2) is 4.99 Å². The zero-order valence-corrected chi connectivity index (χ0v) is 18.3. The predicted octanol–water partition coefficient (Wildman–Crippen LogP) is 5.03. The van der Waals surface area contributed by atoms with Crippen LogP contribution >= 0.6 is 39.9 Å². The second-order valence-electron chi connectivity index (χ2n) is 5.19. The zero-order chi connectivity index (χ0) is 19.3. The summed E-state index contributed by atoms with van der Waals surface area (Å²) in [5.41, 5.74) is 5.55. The van der Waals surface area contributed by atoms with Crippen LogP contribution in [0.25, 0.3) is 0 Å². The summed E-state index contributed by atoms with van der Waals surface area (Å²) in [4.78, 5) is 4.00. The van der Waals surface area contributed by atoms with Crippen LogP contribution < -0.4 is 20.5 Å². The van der Waals surface area contributed by atoms with Crippen LogP contribution in [0.4, 0.5) is 18.9 Å². The van der Waals surface area contributed by atoms with Crippen LogP contribution in [0.2, 0.25) is 0 Å². The third kappa shape index (κ3) is 6.45. The summed E-state index contributed by atoms with van der Waals surface area (Å²) in [6.07, 6.45) is -4.48. The molecule has 2 rings (SSSR count). The van der Waals surface area contributed by atoms with Gasteiger partial charge in [0.15, 0.2) is 5.96 Å². The Kier molecular flexibility index (Phi) is 8.66. The van der Waals surface area contributed by atoms with Gasteiger partial charge in [-0.3, -0.25) is 0 Å². The number of ether oxygens (including phenoxy) is 2. The van der Waals surface area contributed by atoms with Crippen LogP contribution in [-0.4, -0.2) is 20.2 Å². The molecule has 0 spiro atoms. The van der Waals surface area contributed by atoms with Crippen molar-refractivity contribution in [2.45, 2.75) is 12.7 Å². The molecule has 0 aromatic heterocycles. The number of halogens is 5. The molecule has 0 aliphatic heterocycles. The number of nitrogens with one attached hydrogen (secondary N) is 1. The third-order valence-electron chi connectivity index (χ3n) is 3.47. The maximum atomic E-state index is 13.1. The van der Waals surface area contributed by atoms with Gasteiger partial charge >= 0.3 is 6.18 Å². The Bertz CT molecular complexity index is 816. The van der Waals surface area contributed by atoms with Gasteiger partial charge in [-0.1, -0.05) is 22.0 Å². The van der Waals surface area contributed by atoms with E-state index in [1.54, 1.807) is 18.2 Å². The molecule has 0 aliphatic carbocycles. The van der Waals surface area contributed by atoms with Crippen molar-refractivity contribution in [3.63, 3.8) is 0 Å². The van der Waals surface area contributed by atoms with E-state index < -0.39 is 11.7 Å². The van der Waals surface area contributed by atoms with Crippen LogP contribution in [0.5, 0.6) is 11.5 Å². The topological polar surface area (TPSA) is 68.9 Å². The van der Waals surface area contributed by atoms with Crippen LogP contribution in [0, 0.1) is 0 Å². The van der Waals surface area contributed by atoms with Gasteiger partial charge in [-0.15, -0.1) is 24.0 Å². The number of rotatable bonds is 5. The van der Waals surface area contributed by atoms with Crippen molar-refractivity contribution in [2.24, 2.45) is 10.7 Å². The van der Waals surface area contributed by atoms with E-state index in [9.17, 15) is 13.2 Å². The van der Waals surface area contributed by atoms with Crippen molar-refractivity contribution < 1.29 is 22.6 Å². The second kappa shape index (κ2) is 10.0. The second-order valence-corrected chi connectivity index (χ2v) is 6.11. The van der Waals surface area contributed by atoms with Crippen LogP contribution in [-0.2, 0) is 12.7 Å². The number of aliphatic imine (C=N–C) groups is 1. The van der Waals surface area contributed by atoms with Crippen LogP contribution in [0.15, 0.2) is 45.9 Å². The number of nitrogens with two attached hydrogens (primary N) is 1. The lowest BCUT2D eigenvalue weighted by Gasteiger charge is -2.14. The number of benzene rings is 2. The fraction of sp³-hybridized carbons (Fsp3) is 0.235. The highest BCUT2D eigenvalue weighted by atomic mass is 127. The fourth-order valence-corrected chi connectivity index (χ4v) is 2.57. The fourth-order valence-electron chi connectivity index (χ4n) is 2.21.